The van der Waals surface area contributed by atoms with Gasteiger partial charge in [-0.05, 0) is 30.9 Å². The van der Waals surface area contributed by atoms with E-state index in [2.05, 4.69) is 35.1 Å². The maximum absolute atomic E-state index is 6.39. The van der Waals surface area contributed by atoms with Gasteiger partial charge in [0.2, 0.25) is 0 Å². The normalized spacial score (nSPS) is 16.0. The first-order valence-electron chi connectivity index (χ1n) is 9.79. The summed E-state index contributed by atoms with van der Waals surface area (Å²) in [4.78, 5) is 6.80. The summed E-state index contributed by atoms with van der Waals surface area (Å²) in [5.74, 6) is 0.952. The fraction of sp³-hybridized carbons (Fsp3) is 0.667. The molecular weight excluding hydrogens is 489 g/mol. The van der Waals surface area contributed by atoms with Crippen LogP contribution in [0.25, 0.3) is 0 Å². The highest BCUT2D eigenvalue weighted by Gasteiger charge is 2.26. The van der Waals surface area contributed by atoms with Crippen molar-refractivity contribution in [3.05, 3.63) is 34.9 Å². The summed E-state index contributed by atoms with van der Waals surface area (Å²) < 4.78 is 11.0. The molecule has 1 fully saturated rings. The SMILES string of the molecule is CN=C(NCC(C)(C)c1ccccc1Cl)N1CCC(OCCCOC)CC1.I. The number of likely N-dealkylation sites (tertiary alicyclic amines) is 1. The van der Waals surface area contributed by atoms with E-state index in [1.54, 1.807) is 7.11 Å². The molecule has 1 aromatic rings. The number of piperidine rings is 1. The molecule has 1 heterocycles. The van der Waals surface area contributed by atoms with Crippen molar-refractivity contribution in [2.24, 2.45) is 4.99 Å². The topological polar surface area (TPSA) is 46.1 Å². The molecule has 0 amide bonds. The predicted molar refractivity (Wildman–Crippen MR) is 128 cm³/mol. The van der Waals surface area contributed by atoms with Gasteiger partial charge in [0.15, 0.2) is 5.96 Å². The molecule has 0 aromatic heterocycles. The second kappa shape index (κ2) is 12.9. The lowest BCUT2D eigenvalue weighted by molar-refractivity contribution is 0.00987. The minimum atomic E-state index is -0.0862. The Morgan fingerprint density at radius 2 is 1.93 bits per heavy atom. The molecule has 0 radical (unpaired) electrons. The molecule has 0 saturated carbocycles. The molecular formula is C21H35ClIN3O2. The minimum Gasteiger partial charge on any atom is -0.385 e. The van der Waals surface area contributed by atoms with Crippen molar-refractivity contribution in [3.63, 3.8) is 0 Å². The van der Waals surface area contributed by atoms with Crippen molar-refractivity contribution in [1.29, 1.82) is 0 Å². The standard InChI is InChI=1S/C21H34ClN3O2.HI/c1-21(2,18-8-5-6-9-19(18)22)16-24-20(23-3)25-12-10-17(11-13-25)27-15-7-14-26-4;/h5-6,8-9,17H,7,10-16H2,1-4H3,(H,23,24);1H. The van der Waals surface area contributed by atoms with Crippen LogP contribution in [0.15, 0.2) is 29.3 Å². The zero-order chi connectivity index (χ0) is 19.7. The van der Waals surface area contributed by atoms with Crippen LogP contribution in [0.2, 0.25) is 5.02 Å². The first kappa shape index (κ1) is 25.5. The van der Waals surface area contributed by atoms with Crippen LogP contribution < -0.4 is 5.32 Å². The van der Waals surface area contributed by atoms with Gasteiger partial charge in [-0.1, -0.05) is 43.6 Å². The lowest BCUT2D eigenvalue weighted by Gasteiger charge is -2.36. The van der Waals surface area contributed by atoms with Crippen molar-refractivity contribution in [1.82, 2.24) is 10.2 Å². The summed E-state index contributed by atoms with van der Waals surface area (Å²) in [5, 5.41) is 4.35. The summed E-state index contributed by atoms with van der Waals surface area (Å²) in [7, 11) is 3.57. The Hall–Kier alpha value is -0.570. The van der Waals surface area contributed by atoms with Crippen LogP contribution in [0, 0.1) is 0 Å². The molecule has 5 nitrogen and oxygen atoms in total. The minimum absolute atomic E-state index is 0. The predicted octanol–water partition coefficient (Wildman–Crippen LogP) is 4.33. The molecule has 1 N–H and O–H groups in total. The third-order valence-electron chi connectivity index (χ3n) is 5.09. The van der Waals surface area contributed by atoms with Crippen LogP contribution in [0.1, 0.15) is 38.7 Å². The van der Waals surface area contributed by atoms with Gasteiger partial charge in [0.25, 0.3) is 0 Å². The van der Waals surface area contributed by atoms with Crippen LogP contribution >= 0.6 is 35.6 Å². The smallest absolute Gasteiger partial charge is 0.193 e. The van der Waals surface area contributed by atoms with E-state index in [4.69, 9.17) is 21.1 Å². The summed E-state index contributed by atoms with van der Waals surface area (Å²) in [6.07, 6.45) is 3.36. The zero-order valence-electron chi connectivity index (χ0n) is 17.5. The molecule has 28 heavy (non-hydrogen) atoms. The third-order valence-corrected chi connectivity index (χ3v) is 5.42. The molecule has 1 aliphatic rings. The Morgan fingerprint density at radius 3 is 2.54 bits per heavy atom. The average Bonchev–Trinajstić information content (AvgIpc) is 2.67. The Morgan fingerprint density at radius 1 is 1.25 bits per heavy atom. The quantitative estimate of drug-likeness (QED) is 0.238. The fourth-order valence-corrected chi connectivity index (χ4v) is 3.82. The summed E-state index contributed by atoms with van der Waals surface area (Å²) in [5.41, 5.74) is 1.06. The number of methoxy groups -OCH3 is 1. The molecule has 2 rings (SSSR count). The number of rotatable bonds is 8. The molecule has 0 spiro atoms. The first-order chi connectivity index (χ1) is 13.0. The van der Waals surface area contributed by atoms with E-state index in [0.717, 1.165) is 68.7 Å². The second-order valence-corrected chi connectivity index (χ2v) is 8.08. The van der Waals surface area contributed by atoms with E-state index < -0.39 is 0 Å². The van der Waals surface area contributed by atoms with Crippen LogP contribution in [-0.4, -0.2) is 64.0 Å². The van der Waals surface area contributed by atoms with Crippen molar-refractivity contribution in [2.75, 3.05) is 47.0 Å². The zero-order valence-corrected chi connectivity index (χ0v) is 20.6. The number of hydrogen-bond acceptors (Lipinski definition) is 3. The molecule has 1 aliphatic heterocycles. The van der Waals surface area contributed by atoms with Gasteiger partial charge in [-0.25, -0.2) is 0 Å². The Kier molecular flexibility index (Phi) is 11.7. The third kappa shape index (κ3) is 7.69. The Labute approximate surface area is 192 Å². The number of benzene rings is 1. The molecule has 0 bridgehead atoms. The number of hydrogen-bond donors (Lipinski definition) is 1. The molecule has 1 saturated heterocycles. The van der Waals surface area contributed by atoms with Gasteiger partial charge >= 0.3 is 0 Å². The van der Waals surface area contributed by atoms with E-state index in [9.17, 15) is 0 Å². The van der Waals surface area contributed by atoms with Gasteiger partial charge in [0.05, 0.1) is 6.10 Å². The van der Waals surface area contributed by atoms with Crippen LogP contribution in [0.5, 0.6) is 0 Å². The van der Waals surface area contributed by atoms with Crippen molar-refractivity contribution >= 4 is 41.5 Å². The monoisotopic (exact) mass is 523 g/mol. The van der Waals surface area contributed by atoms with Crippen molar-refractivity contribution in [2.45, 2.75) is 44.6 Å². The van der Waals surface area contributed by atoms with Gasteiger partial charge in [-0.3, -0.25) is 4.99 Å². The first-order valence-corrected chi connectivity index (χ1v) is 10.2. The van der Waals surface area contributed by atoms with Crippen LogP contribution in [-0.2, 0) is 14.9 Å². The van der Waals surface area contributed by atoms with Crippen LogP contribution in [0.3, 0.4) is 0 Å². The number of halogens is 2. The average molecular weight is 524 g/mol. The highest BCUT2D eigenvalue weighted by Crippen LogP contribution is 2.29. The molecule has 0 unspecified atom stereocenters. The van der Waals surface area contributed by atoms with E-state index in [-0.39, 0.29) is 29.4 Å². The number of aliphatic imine (C=N–C) groups is 1. The fourth-order valence-electron chi connectivity index (χ4n) is 3.43. The number of ether oxygens (including phenoxy) is 2. The summed E-state index contributed by atoms with van der Waals surface area (Å²) in [6.45, 7) is 8.64. The highest BCUT2D eigenvalue weighted by atomic mass is 127. The van der Waals surface area contributed by atoms with Gasteiger partial charge in [0.1, 0.15) is 0 Å². The second-order valence-electron chi connectivity index (χ2n) is 7.67. The molecule has 1 aromatic carbocycles. The lowest BCUT2D eigenvalue weighted by atomic mass is 9.84. The number of nitrogens with zero attached hydrogens (tertiary/aromatic N) is 2. The largest absolute Gasteiger partial charge is 0.385 e. The maximum atomic E-state index is 6.39. The van der Waals surface area contributed by atoms with Crippen molar-refractivity contribution in [3.8, 4) is 0 Å². The maximum Gasteiger partial charge on any atom is 0.193 e. The van der Waals surface area contributed by atoms with E-state index in [0.29, 0.717) is 6.10 Å². The molecule has 160 valence electrons. The highest BCUT2D eigenvalue weighted by molar-refractivity contribution is 14.0. The van der Waals surface area contributed by atoms with E-state index in [1.807, 2.05) is 25.2 Å². The van der Waals surface area contributed by atoms with Gasteiger partial charge in [-0.15, -0.1) is 24.0 Å². The summed E-state index contributed by atoms with van der Waals surface area (Å²) >= 11 is 6.39. The van der Waals surface area contributed by atoms with Gasteiger partial charge < -0.3 is 19.7 Å². The lowest BCUT2D eigenvalue weighted by Crippen LogP contribution is -2.49. The van der Waals surface area contributed by atoms with Crippen molar-refractivity contribution < 1.29 is 9.47 Å². The molecule has 0 atom stereocenters. The van der Waals surface area contributed by atoms with Crippen LogP contribution in [0.4, 0.5) is 0 Å². The number of guanidine groups is 1. The van der Waals surface area contributed by atoms with Gasteiger partial charge in [0, 0.05) is 57.4 Å². The van der Waals surface area contributed by atoms with E-state index in [1.165, 1.54) is 0 Å². The Balaban J connectivity index is 0.00000392. The van der Waals surface area contributed by atoms with Gasteiger partial charge in [-0.2, -0.15) is 0 Å². The molecule has 0 aliphatic carbocycles. The summed E-state index contributed by atoms with van der Waals surface area (Å²) in [6, 6.07) is 8.05. The van der Waals surface area contributed by atoms with E-state index >= 15 is 0 Å². The number of nitrogens with one attached hydrogen (secondary N) is 1. The molecule has 7 heteroatoms. The Bertz CT molecular complexity index is 605.